The van der Waals surface area contributed by atoms with Gasteiger partial charge in [0.05, 0.1) is 18.0 Å². The highest BCUT2D eigenvalue weighted by atomic mass is 19.1. The second kappa shape index (κ2) is 6.78. The lowest BCUT2D eigenvalue weighted by Crippen LogP contribution is -2.31. The second-order valence-electron chi connectivity index (χ2n) is 5.96. The predicted octanol–water partition coefficient (Wildman–Crippen LogP) is 2.73. The highest BCUT2D eigenvalue weighted by molar-refractivity contribution is 5.88. The third-order valence-electron chi connectivity index (χ3n) is 4.10. The Hall–Kier alpha value is -2.76. The van der Waals surface area contributed by atoms with E-state index < -0.39 is 17.3 Å². The summed E-state index contributed by atoms with van der Waals surface area (Å²) in [5.41, 5.74) is 1.05. The van der Waals surface area contributed by atoms with Gasteiger partial charge in [-0.3, -0.25) is 9.78 Å². The quantitative estimate of drug-likeness (QED) is 0.854. The molecule has 1 aromatic carbocycles. The minimum Gasteiger partial charge on any atom is -0.478 e. The molecule has 1 heterocycles. The Balaban J connectivity index is 1.68. The molecule has 1 atom stereocenters. The van der Waals surface area contributed by atoms with Gasteiger partial charge in [0, 0.05) is 12.4 Å². The van der Waals surface area contributed by atoms with Crippen LogP contribution in [0.2, 0.25) is 0 Å². The molecular weight excluding hydrogens is 311 g/mol. The Bertz CT molecular complexity index is 760. The van der Waals surface area contributed by atoms with Crippen molar-refractivity contribution < 1.29 is 19.1 Å². The van der Waals surface area contributed by atoms with Gasteiger partial charge in [-0.1, -0.05) is 6.07 Å². The first-order chi connectivity index (χ1) is 11.5. The van der Waals surface area contributed by atoms with Crippen molar-refractivity contribution in [2.24, 2.45) is 5.92 Å². The van der Waals surface area contributed by atoms with Gasteiger partial charge in [-0.2, -0.15) is 0 Å². The number of benzene rings is 1. The molecule has 0 saturated heterocycles. The number of carboxylic acid groups (broad SMARTS) is 1. The van der Waals surface area contributed by atoms with Crippen molar-refractivity contribution in [1.29, 1.82) is 0 Å². The number of rotatable bonds is 6. The van der Waals surface area contributed by atoms with E-state index in [-0.39, 0.29) is 18.4 Å². The molecule has 0 spiro atoms. The van der Waals surface area contributed by atoms with Gasteiger partial charge in [-0.25, -0.2) is 9.18 Å². The summed E-state index contributed by atoms with van der Waals surface area (Å²) < 4.78 is 13.7. The number of halogens is 1. The van der Waals surface area contributed by atoms with Gasteiger partial charge in [-0.15, -0.1) is 0 Å². The summed E-state index contributed by atoms with van der Waals surface area (Å²) in [4.78, 5) is 27.1. The number of amides is 1. The van der Waals surface area contributed by atoms with Crippen LogP contribution in [0.3, 0.4) is 0 Å². The van der Waals surface area contributed by atoms with Crippen molar-refractivity contribution in [3.05, 3.63) is 65.2 Å². The highest BCUT2D eigenvalue weighted by Gasteiger charge is 2.33. The first-order valence-corrected chi connectivity index (χ1v) is 7.75. The molecule has 0 aliphatic heterocycles. The first kappa shape index (κ1) is 16.1. The van der Waals surface area contributed by atoms with Gasteiger partial charge in [0.1, 0.15) is 5.82 Å². The molecule has 3 rings (SSSR count). The molecule has 1 aromatic heterocycles. The maximum Gasteiger partial charge on any atom is 0.338 e. The smallest absolute Gasteiger partial charge is 0.338 e. The van der Waals surface area contributed by atoms with E-state index in [1.54, 1.807) is 12.4 Å². The van der Waals surface area contributed by atoms with E-state index in [0.29, 0.717) is 11.5 Å². The molecule has 24 heavy (non-hydrogen) atoms. The number of hydrogen-bond acceptors (Lipinski definition) is 3. The fraction of sp³-hybridized carbons (Fsp3) is 0.278. The van der Waals surface area contributed by atoms with Crippen molar-refractivity contribution in [3.8, 4) is 0 Å². The van der Waals surface area contributed by atoms with E-state index in [4.69, 9.17) is 5.11 Å². The third kappa shape index (κ3) is 3.76. The number of nitrogens with one attached hydrogen (secondary N) is 1. The van der Waals surface area contributed by atoms with E-state index in [1.165, 1.54) is 12.1 Å². The molecule has 1 fully saturated rings. The zero-order valence-corrected chi connectivity index (χ0v) is 12.9. The molecule has 1 amide bonds. The standard InChI is InChI=1S/C18H17FN2O3/c19-15-9-11(1-4-14(15)18(23)24)10-16(22)21-17(12-2-3-12)13-5-7-20-8-6-13/h1,4-9,12,17H,2-3,10H2,(H,21,22)(H,23,24). The molecule has 5 nitrogen and oxygen atoms in total. The lowest BCUT2D eigenvalue weighted by Gasteiger charge is -2.18. The molecule has 1 saturated carbocycles. The summed E-state index contributed by atoms with van der Waals surface area (Å²) in [5.74, 6) is -1.95. The van der Waals surface area contributed by atoms with E-state index in [1.807, 2.05) is 12.1 Å². The normalized spacial score (nSPS) is 14.9. The number of aromatic nitrogens is 1. The van der Waals surface area contributed by atoms with Crippen molar-refractivity contribution in [1.82, 2.24) is 10.3 Å². The fourth-order valence-corrected chi connectivity index (χ4v) is 2.73. The van der Waals surface area contributed by atoms with Crippen LogP contribution in [-0.4, -0.2) is 22.0 Å². The zero-order valence-electron chi connectivity index (χ0n) is 12.9. The minimum absolute atomic E-state index is 0.00508. The molecule has 1 aliphatic carbocycles. The number of carboxylic acids is 1. The number of carbonyl (C=O) groups excluding carboxylic acids is 1. The van der Waals surface area contributed by atoms with Gasteiger partial charge in [0.15, 0.2) is 0 Å². The van der Waals surface area contributed by atoms with Crippen molar-refractivity contribution >= 4 is 11.9 Å². The number of pyridine rings is 1. The Morgan fingerprint density at radius 2 is 1.96 bits per heavy atom. The van der Waals surface area contributed by atoms with Gasteiger partial charge >= 0.3 is 5.97 Å². The zero-order chi connectivity index (χ0) is 17.1. The van der Waals surface area contributed by atoms with E-state index >= 15 is 0 Å². The van der Waals surface area contributed by atoms with E-state index in [9.17, 15) is 14.0 Å². The van der Waals surface area contributed by atoms with Crippen LogP contribution >= 0.6 is 0 Å². The van der Waals surface area contributed by atoms with Crippen LogP contribution in [0, 0.1) is 11.7 Å². The Labute approximate surface area is 138 Å². The Morgan fingerprint density at radius 3 is 2.54 bits per heavy atom. The molecule has 0 radical (unpaired) electrons. The average molecular weight is 328 g/mol. The van der Waals surface area contributed by atoms with Gasteiger partial charge in [-0.05, 0) is 54.2 Å². The summed E-state index contributed by atoms with van der Waals surface area (Å²) in [5, 5.41) is 11.8. The topological polar surface area (TPSA) is 79.3 Å². The summed E-state index contributed by atoms with van der Waals surface area (Å²) in [6.45, 7) is 0. The number of hydrogen-bond donors (Lipinski definition) is 2. The first-order valence-electron chi connectivity index (χ1n) is 7.75. The summed E-state index contributed by atoms with van der Waals surface area (Å²) >= 11 is 0. The fourth-order valence-electron chi connectivity index (χ4n) is 2.73. The predicted molar refractivity (Wildman–Crippen MR) is 84.9 cm³/mol. The van der Waals surface area contributed by atoms with Crippen LogP contribution in [0.15, 0.2) is 42.7 Å². The van der Waals surface area contributed by atoms with Crippen LogP contribution in [0.5, 0.6) is 0 Å². The number of aromatic carboxylic acids is 1. The van der Waals surface area contributed by atoms with E-state index in [0.717, 1.165) is 24.5 Å². The van der Waals surface area contributed by atoms with Crippen LogP contribution in [-0.2, 0) is 11.2 Å². The van der Waals surface area contributed by atoms with Crippen LogP contribution < -0.4 is 5.32 Å². The molecule has 6 heteroatoms. The van der Waals surface area contributed by atoms with Crippen LogP contribution in [0.25, 0.3) is 0 Å². The van der Waals surface area contributed by atoms with Crippen molar-refractivity contribution in [2.75, 3.05) is 0 Å². The van der Waals surface area contributed by atoms with Crippen molar-refractivity contribution in [2.45, 2.75) is 25.3 Å². The van der Waals surface area contributed by atoms with Gasteiger partial charge < -0.3 is 10.4 Å². The van der Waals surface area contributed by atoms with E-state index in [2.05, 4.69) is 10.3 Å². The monoisotopic (exact) mass is 328 g/mol. The maximum atomic E-state index is 13.7. The molecule has 0 bridgehead atoms. The molecule has 2 aromatic rings. The average Bonchev–Trinajstić information content (AvgIpc) is 3.38. The Kier molecular flexibility index (Phi) is 4.55. The highest BCUT2D eigenvalue weighted by Crippen LogP contribution is 2.40. The number of carbonyl (C=O) groups is 2. The molecular formula is C18H17FN2O3. The molecule has 1 unspecified atom stereocenters. The molecule has 1 aliphatic rings. The molecule has 2 N–H and O–H groups in total. The maximum absolute atomic E-state index is 13.7. The SMILES string of the molecule is O=C(Cc1ccc(C(=O)O)c(F)c1)NC(c1ccncc1)C1CC1. The van der Waals surface area contributed by atoms with Crippen molar-refractivity contribution in [3.63, 3.8) is 0 Å². The summed E-state index contributed by atoms with van der Waals surface area (Å²) in [6.07, 6.45) is 5.52. The van der Waals surface area contributed by atoms with Crippen LogP contribution in [0.4, 0.5) is 4.39 Å². The summed E-state index contributed by atoms with van der Waals surface area (Å²) in [7, 11) is 0. The number of nitrogens with zero attached hydrogens (tertiary/aromatic N) is 1. The lowest BCUT2D eigenvalue weighted by atomic mass is 10.0. The third-order valence-corrected chi connectivity index (χ3v) is 4.10. The molecule has 124 valence electrons. The van der Waals surface area contributed by atoms with Gasteiger partial charge in [0.25, 0.3) is 0 Å². The summed E-state index contributed by atoms with van der Waals surface area (Å²) in [6, 6.07) is 7.44. The van der Waals surface area contributed by atoms with Crippen LogP contribution in [0.1, 0.15) is 40.4 Å². The van der Waals surface area contributed by atoms with Gasteiger partial charge in [0.2, 0.25) is 5.91 Å². The Morgan fingerprint density at radius 1 is 1.25 bits per heavy atom. The lowest BCUT2D eigenvalue weighted by molar-refractivity contribution is -0.121. The second-order valence-corrected chi connectivity index (χ2v) is 5.96. The largest absolute Gasteiger partial charge is 0.478 e. The minimum atomic E-state index is -1.32.